The molecule has 1 aromatic heterocycles. The number of hydrogen-bond donors (Lipinski definition) is 3. The van der Waals surface area contributed by atoms with Crippen LogP contribution in [0.5, 0.6) is 0 Å². The summed E-state index contributed by atoms with van der Waals surface area (Å²) in [6.07, 6.45) is -0.328. The molecule has 9 rings (SSSR count). The van der Waals surface area contributed by atoms with Crippen LogP contribution in [-0.4, -0.2) is 5.01 Å². The molecule has 1 heterocycles. The average Bonchev–Trinajstić information content (AvgIpc) is 3.64. The summed E-state index contributed by atoms with van der Waals surface area (Å²) in [5, 5.41) is 8.65. The van der Waals surface area contributed by atoms with Crippen molar-refractivity contribution in [2.75, 3.05) is 5.32 Å². The SMILES string of the molecule is NC(NN(Cc1ccccc1)Cc1ccc(Nc2cc(-c3cccc4c3sc3ccccc34)ccc2-c2cccc(-c3ccccc3)c2)cc1)c1ccccc1. The van der Waals surface area contributed by atoms with E-state index in [9.17, 15) is 0 Å². The van der Waals surface area contributed by atoms with Crippen molar-refractivity contribution in [3.8, 4) is 33.4 Å². The molecule has 272 valence electrons. The molecule has 0 saturated heterocycles. The van der Waals surface area contributed by atoms with Gasteiger partial charge in [-0.15, -0.1) is 11.3 Å². The molecule has 0 spiro atoms. The minimum Gasteiger partial charge on any atom is -0.355 e. The van der Waals surface area contributed by atoms with Crippen molar-refractivity contribution in [1.82, 2.24) is 10.4 Å². The van der Waals surface area contributed by atoms with Gasteiger partial charge in [-0.1, -0.05) is 170 Å². The lowest BCUT2D eigenvalue weighted by molar-refractivity contribution is 0.140. The number of rotatable bonds is 12. The molecule has 0 bridgehead atoms. The Kier molecular flexibility index (Phi) is 10.2. The molecule has 9 aromatic rings. The first-order chi connectivity index (χ1) is 27.6. The zero-order chi connectivity index (χ0) is 37.7. The van der Waals surface area contributed by atoms with Crippen molar-refractivity contribution >= 4 is 42.9 Å². The molecule has 0 fully saturated rings. The van der Waals surface area contributed by atoms with Gasteiger partial charge in [-0.05, 0) is 74.8 Å². The number of nitrogens with two attached hydrogens (primary N) is 1. The standard InChI is InChI=1S/C51H42N4S/c52-51(39-18-8-3-9-19-39)54-55(34-36-14-4-1-5-15-36)35-37-26-29-43(30-27-37)53-48-33-42(45-23-13-24-47-46-22-10-11-25-49(46)56-50(45)47)28-31-44(48)41-21-12-20-40(32-41)38-16-6-2-7-17-38/h1-33,51,53-54H,34-35,52H2. The molecule has 4 nitrogen and oxygen atoms in total. The highest BCUT2D eigenvalue weighted by Crippen LogP contribution is 2.42. The van der Waals surface area contributed by atoms with Crippen molar-refractivity contribution in [1.29, 1.82) is 0 Å². The number of thiophene rings is 1. The fourth-order valence-corrected chi connectivity index (χ4v) is 8.73. The lowest BCUT2D eigenvalue weighted by Gasteiger charge is -2.28. The molecule has 0 amide bonds. The van der Waals surface area contributed by atoms with E-state index in [0.29, 0.717) is 13.1 Å². The molecule has 0 aliphatic heterocycles. The minimum absolute atomic E-state index is 0.328. The van der Waals surface area contributed by atoms with Gasteiger partial charge in [-0.25, -0.2) is 10.4 Å². The van der Waals surface area contributed by atoms with E-state index in [0.717, 1.165) is 28.1 Å². The van der Waals surface area contributed by atoms with Gasteiger partial charge in [0, 0.05) is 50.2 Å². The zero-order valence-corrected chi connectivity index (χ0v) is 31.8. The monoisotopic (exact) mass is 742 g/mol. The van der Waals surface area contributed by atoms with Crippen LogP contribution in [0.2, 0.25) is 0 Å². The third kappa shape index (κ3) is 7.76. The number of hydrazine groups is 1. The summed E-state index contributed by atoms with van der Waals surface area (Å²) in [4.78, 5) is 0. The van der Waals surface area contributed by atoms with Crippen LogP contribution in [0, 0.1) is 0 Å². The van der Waals surface area contributed by atoms with Crippen molar-refractivity contribution < 1.29 is 0 Å². The van der Waals surface area contributed by atoms with Crippen LogP contribution in [-0.2, 0) is 13.1 Å². The molecule has 4 N–H and O–H groups in total. The highest BCUT2D eigenvalue weighted by molar-refractivity contribution is 7.26. The fraction of sp³-hybridized carbons (Fsp3) is 0.0588. The molecule has 8 aromatic carbocycles. The largest absolute Gasteiger partial charge is 0.355 e. The Morgan fingerprint density at radius 1 is 0.482 bits per heavy atom. The summed E-state index contributed by atoms with van der Waals surface area (Å²) in [5.74, 6) is 0. The number of fused-ring (bicyclic) bond motifs is 3. The van der Waals surface area contributed by atoms with E-state index in [4.69, 9.17) is 5.73 Å². The summed E-state index contributed by atoms with van der Waals surface area (Å²) in [6, 6.07) is 71.1. The smallest absolute Gasteiger partial charge is 0.0940 e. The lowest BCUT2D eigenvalue weighted by Crippen LogP contribution is -2.43. The Morgan fingerprint density at radius 2 is 1.09 bits per heavy atom. The predicted molar refractivity (Wildman–Crippen MR) is 238 cm³/mol. The first kappa shape index (κ1) is 35.4. The Hall–Kier alpha value is -6.34. The fourth-order valence-electron chi connectivity index (χ4n) is 7.49. The maximum Gasteiger partial charge on any atom is 0.0940 e. The minimum atomic E-state index is -0.328. The van der Waals surface area contributed by atoms with Crippen LogP contribution in [0.25, 0.3) is 53.6 Å². The Morgan fingerprint density at radius 3 is 1.88 bits per heavy atom. The van der Waals surface area contributed by atoms with Gasteiger partial charge in [0.05, 0.1) is 6.17 Å². The van der Waals surface area contributed by atoms with E-state index >= 15 is 0 Å². The number of nitrogens with zero attached hydrogens (tertiary/aromatic N) is 1. The van der Waals surface area contributed by atoms with Crippen LogP contribution in [0.4, 0.5) is 11.4 Å². The van der Waals surface area contributed by atoms with E-state index in [1.165, 1.54) is 53.6 Å². The topological polar surface area (TPSA) is 53.3 Å². The van der Waals surface area contributed by atoms with Crippen LogP contribution >= 0.6 is 11.3 Å². The van der Waals surface area contributed by atoms with Crippen molar-refractivity contribution in [2.45, 2.75) is 19.3 Å². The Bertz CT molecular complexity index is 2710. The maximum atomic E-state index is 6.66. The molecule has 0 aliphatic rings. The van der Waals surface area contributed by atoms with Gasteiger partial charge in [0.1, 0.15) is 0 Å². The third-order valence-corrected chi connectivity index (χ3v) is 11.5. The van der Waals surface area contributed by atoms with E-state index < -0.39 is 0 Å². The van der Waals surface area contributed by atoms with Crippen molar-refractivity contribution in [3.63, 3.8) is 0 Å². The zero-order valence-electron chi connectivity index (χ0n) is 31.0. The Labute approximate surface area is 332 Å². The van der Waals surface area contributed by atoms with E-state index in [1.54, 1.807) is 0 Å². The molecule has 0 aliphatic carbocycles. The number of hydrogen-bond acceptors (Lipinski definition) is 5. The second-order valence-corrected chi connectivity index (χ2v) is 15.2. The third-order valence-electron chi connectivity index (χ3n) is 10.3. The lowest BCUT2D eigenvalue weighted by atomic mass is 9.95. The first-order valence-corrected chi connectivity index (χ1v) is 19.9. The molecule has 56 heavy (non-hydrogen) atoms. The van der Waals surface area contributed by atoms with E-state index in [1.807, 2.05) is 35.6 Å². The summed E-state index contributed by atoms with van der Waals surface area (Å²) < 4.78 is 2.62. The number of benzene rings is 8. The normalized spacial score (nSPS) is 12.0. The van der Waals surface area contributed by atoms with E-state index in [-0.39, 0.29) is 6.17 Å². The van der Waals surface area contributed by atoms with Gasteiger partial charge in [0.2, 0.25) is 0 Å². The summed E-state index contributed by atoms with van der Waals surface area (Å²) in [7, 11) is 0. The summed E-state index contributed by atoms with van der Waals surface area (Å²) in [6.45, 7) is 1.40. The predicted octanol–water partition coefficient (Wildman–Crippen LogP) is 13.0. The molecular formula is C51H42N4S. The van der Waals surface area contributed by atoms with Crippen LogP contribution in [0.3, 0.4) is 0 Å². The van der Waals surface area contributed by atoms with E-state index in [2.05, 4.69) is 192 Å². The van der Waals surface area contributed by atoms with Gasteiger partial charge < -0.3 is 11.1 Å². The highest BCUT2D eigenvalue weighted by Gasteiger charge is 2.16. The van der Waals surface area contributed by atoms with Crippen molar-refractivity contribution in [2.24, 2.45) is 5.73 Å². The second-order valence-electron chi connectivity index (χ2n) is 14.2. The molecule has 1 atom stereocenters. The number of nitrogens with one attached hydrogen (secondary N) is 2. The van der Waals surface area contributed by atoms with Gasteiger partial charge >= 0.3 is 0 Å². The molecule has 1 unspecified atom stereocenters. The van der Waals surface area contributed by atoms with Gasteiger partial charge in [0.25, 0.3) is 0 Å². The first-order valence-electron chi connectivity index (χ1n) is 19.1. The van der Waals surface area contributed by atoms with Crippen LogP contribution in [0.1, 0.15) is 22.9 Å². The summed E-state index contributed by atoms with van der Waals surface area (Å²) >= 11 is 1.86. The van der Waals surface area contributed by atoms with Gasteiger partial charge in [-0.2, -0.15) is 0 Å². The molecular weight excluding hydrogens is 701 g/mol. The molecule has 0 radical (unpaired) electrons. The van der Waals surface area contributed by atoms with Gasteiger partial charge in [-0.3, -0.25) is 0 Å². The highest BCUT2D eigenvalue weighted by atomic mass is 32.1. The van der Waals surface area contributed by atoms with Crippen LogP contribution < -0.4 is 16.5 Å². The van der Waals surface area contributed by atoms with Crippen LogP contribution in [0.15, 0.2) is 200 Å². The molecule has 0 saturated carbocycles. The maximum absolute atomic E-state index is 6.66. The van der Waals surface area contributed by atoms with Gasteiger partial charge in [0.15, 0.2) is 0 Å². The van der Waals surface area contributed by atoms with Crippen molar-refractivity contribution in [3.05, 3.63) is 217 Å². The Balaban J connectivity index is 1.05. The average molecular weight is 743 g/mol. The number of anilines is 2. The summed E-state index contributed by atoms with van der Waals surface area (Å²) in [5.41, 5.74) is 22.9. The molecule has 5 heteroatoms. The quantitative estimate of drug-likeness (QED) is 0.0862. The second kappa shape index (κ2) is 16.2.